The summed E-state index contributed by atoms with van der Waals surface area (Å²) >= 11 is 5.78. The lowest BCUT2D eigenvalue weighted by molar-refractivity contribution is -0.141. The van der Waals surface area contributed by atoms with E-state index in [4.69, 9.17) is 17.3 Å². The quantitative estimate of drug-likeness (QED) is 0.857. The van der Waals surface area contributed by atoms with E-state index in [1.807, 2.05) is 0 Å². The fourth-order valence-electron chi connectivity index (χ4n) is 1.23. The van der Waals surface area contributed by atoms with Gasteiger partial charge in [-0.25, -0.2) is 4.39 Å². The Balaban J connectivity index is 0.00000225. The Hall–Kier alpha value is -0.840. The minimum Gasteiger partial charge on any atom is -0.469 e. The van der Waals surface area contributed by atoms with Crippen molar-refractivity contribution in [1.82, 2.24) is 0 Å². The number of carbonyl (C=O) groups excluding carboxylic acids is 1. The van der Waals surface area contributed by atoms with E-state index in [1.54, 1.807) is 0 Å². The Morgan fingerprint density at radius 1 is 1.62 bits per heavy atom. The lowest BCUT2D eigenvalue weighted by Gasteiger charge is -2.13. The maximum absolute atomic E-state index is 13.3. The summed E-state index contributed by atoms with van der Waals surface area (Å²) in [5.41, 5.74) is 5.79. The first-order valence-corrected chi connectivity index (χ1v) is 4.70. The van der Waals surface area contributed by atoms with Crippen molar-refractivity contribution in [3.05, 3.63) is 34.6 Å². The molecule has 1 rings (SSSR count). The van der Waals surface area contributed by atoms with Gasteiger partial charge in [0.1, 0.15) is 5.82 Å². The Kier molecular flexibility index (Phi) is 6.33. The molecule has 0 fully saturated rings. The third kappa shape index (κ3) is 3.63. The largest absolute Gasteiger partial charge is 0.469 e. The average Bonchev–Trinajstić information content (AvgIpc) is 2.17. The Morgan fingerprint density at radius 3 is 2.75 bits per heavy atom. The fraction of sp³-hybridized carbons (Fsp3) is 0.300. The minimum atomic E-state index is -0.786. The number of hydrogen-bond donors (Lipinski definition) is 1. The molecular formula is C10H12Cl2FNO2. The first-order chi connectivity index (χ1) is 7.06. The van der Waals surface area contributed by atoms with E-state index in [-0.39, 0.29) is 29.4 Å². The van der Waals surface area contributed by atoms with E-state index < -0.39 is 17.8 Å². The lowest BCUT2D eigenvalue weighted by Crippen LogP contribution is -2.18. The number of halogens is 3. The summed E-state index contributed by atoms with van der Waals surface area (Å²) in [6.45, 7) is 0. The molecule has 0 saturated heterocycles. The van der Waals surface area contributed by atoms with Crippen LogP contribution < -0.4 is 5.73 Å². The van der Waals surface area contributed by atoms with Crippen LogP contribution in [-0.2, 0) is 9.53 Å². The van der Waals surface area contributed by atoms with Crippen molar-refractivity contribution in [3.63, 3.8) is 0 Å². The molecule has 0 heterocycles. The number of rotatable bonds is 3. The molecule has 0 unspecified atom stereocenters. The number of esters is 1. The molecule has 6 heteroatoms. The van der Waals surface area contributed by atoms with Crippen LogP contribution in [0.5, 0.6) is 0 Å². The van der Waals surface area contributed by atoms with Crippen LogP contribution in [0.2, 0.25) is 5.02 Å². The second-order valence-electron chi connectivity index (χ2n) is 3.02. The second-order valence-corrected chi connectivity index (χ2v) is 3.43. The fourth-order valence-corrected chi connectivity index (χ4v) is 1.53. The van der Waals surface area contributed by atoms with Crippen molar-refractivity contribution in [2.75, 3.05) is 7.11 Å². The highest BCUT2D eigenvalue weighted by Crippen LogP contribution is 2.26. The van der Waals surface area contributed by atoms with Crippen LogP contribution in [0.3, 0.4) is 0 Å². The highest BCUT2D eigenvalue weighted by molar-refractivity contribution is 6.31. The van der Waals surface area contributed by atoms with Crippen LogP contribution in [0, 0.1) is 5.82 Å². The summed E-state index contributed by atoms with van der Waals surface area (Å²) < 4.78 is 17.8. The van der Waals surface area contributed by atoms with Gasteiger partial charge in [0.15, 0.2) is 0 Å². The minimum absolute atomic E-state index is 0. The molecule has 0 amide bonds. The number of carbonyl (C=O) groups is 1. The molecule has 0 aromatic heterocycles. The summed E-state index contributed by atoms with van der Waals surface area (Å²) in [5.74, 6) is -1.01. The SMILES string of the molecule is COC(=O)C[C@H](N)c1c(F)cccc1Cl.Cl. The number of nitrogens with two attached hydrogens (primary N) is 1. The Morgan fingerprint density at radius 2 is 2.25 bits per heavy atom. The van der Waals surface area contributed by atoms with Crippen molar-refractivity contribution < 1.29 is 13.9 Å². The Bertz CT molecular complexity index is 354. The van der Waals surface area contributed by atoms with Gasteiger partial charge >= 0.3 is 5.97 Å². The van der Waals surface area contributed by atoms with Crippen LogP contribution in [-0.4, -0.2) is 13.1 Å². The van der Waals surface area contributed by atoms with E-state index in [1.165, 1.54) is 25.3 Å². The van der Waals surface area contributed by atoms with Crippen LogP contribution >= 0.6 is 24.0 Å². The van der Waals surface area contributed by atoms with Crippen molar-refractivity contribution >= 4 is 30.0 Å². The number of benzene rings is 1. The summed E-state index contributed by atoms with van der Waals surface area (Å²) in [6.07, 6.45) is -0.100. The first kappa shape index (κ1) is 15.2. The third-order valence-corrected chi connectivity index (χ3v) is 2.31. The van der Waals surface area contributed by atoms with E-state index in [0.29, 0.717) is 0 Å². The summed E-state index contributed by atoms with van der Waals surface area (Å²) in [7, 11) is 1.25. The van der Waals surface area contributed by atoms with Crippen molar-refractivity contribution in [3.8, 4) is 0 Å². The first-order valence-electron chi connectivity index (χ1n) is 4.32. The molecule has 0 aliphatic carbocycles. The highest BCUT2D eigenvalue weighted by atomic mass is 35.5. The molecule has 2 N–H and O–H groups in total. The van der Waals surface area contributed by atoms with Crippen molar-refractivity contribution in [1.29, 1.82) is 0 Å². The van der Waals surface area contributed by atoms with Crippen LogP contribution in [0.15, 0.2) is 18.2 Å². The number of methoxy groups -OCH3 is 1. The summed E-state index contributed by atoms with van der Waals surface area (Å²) in [5, 5.41) is 0.214. The van der Waals surface area contributed by atoms with E-state index in [2.05, 4.69) is 4.74 Å². The topological polar surface area (TPSA) is 52.3 Å². The van der Waals surface area contributed by atoms with Gasteiger partial charge in [0.2, 0.25) is 0 Å². The van der Waals surface area contributed by atoms with Gasteiger partial charge in [0, 0.05) is 16.6 Å². The van der Waals surface area contributed by atoms with Crippen LogP contribution in [0.25, 0.3) is 0 Å². The maximum Gasteiger partial charge on any atom is 0.307 e. The normalized spacial score (nSPS) is 11.5. The third-order valence-electron chi connectivity index (χ3n) is 1.98. The van der Waals surface area contributed by atoms with Crippen molar-refractivity contribution in [2.24, 2.45) is 5.73 Å². The average molecular weight is 268 g/mol. The lowest BCUT2D eigenvalue weighted by atomic mass is 10.0. The second kappa shape index (κ2) is 6.68. The molecular weight excluding hydrogens is 256 g/mol. The van der Waals surface area contributed by atoms with Gasteiger partial charge in [-0.15, -0.1) is 12.4 Å². The van der Waals surface area contributed by atoms with Gasteiger partial charge in [0.05, 0.1) is 13.5 Å². The van der Waals surface area contributed by atoms with Gasteiger partial charge in [-0.3, -0.25) is 4.79 Å². The van der Waals surface area contributed by atoms with Crippen molar-refractivity contribution in [2.45, 2.75) is 12.5 Å². The zero-order valence-electron chi connectivity index (χ0n) is 8.57. The highest BCUT2D eigenvalue weighted by Gasteiger charge is 2.18. The van der Waals surface area contributed by atoms with Gasteiger partial charge < -0.3 is 10.5 Å². The van der Waals surface area contributed by atoms with Crippen LogP contribution in [0.4, 0.5) is 4.39 Å². The zero-order valence-corrected chi connectivity index (χ0v) is 10.1. The summed E-state index contributed by atoms with van der Waals surface area (Å²) in [4.78, 5) is 11.0. The standard InChI is InChI=1S/C10H11ClFNO2.ClH/c1-15-9(14)5-8(13)10-6(11)3-2-4-7(10)12;/h2-4,8H,5,13H2,1H3;1H/t8-;/m0./s1. The molecule has 1 aromatic rings. The molecule has 0 saturated carbocycles. The molecule has 1 aromatic carbocycles. The monoisotopic (exact) mass is 267 g/mol. The molecule has 16 heavy (non-hydrogen) atoms. The van der Waals surface area contributed by atoms with Gasteiger partial charge in [-0.2, -0.15) is 0 Å². The van der Waals surface area contributed by atoms with Gasteiger partial charge in [-0.05, 0) is 12.1 Å². The molecule has 0 radical (unpaired) electrons. The Labute approximate surface area is 104 Å². The molecule has 1 atom stereocenters. The molecule has 90 valence electrons. The molecule has 0 spiro atoms. The molecule has 0 aliphatic rings. The van der Waals surface area contributed by atoms with E-state index in [0.717, 1.165) is 0 Å². The smallest absolute Gasteiger partial charge is 0.307 e. The molecule has 3 nitrogen and oxygen atoms in total. The predicted molar refractivity (Wildman–Crippen MR) is 62.2 cm³/mol. The van der Waals surface area contributed by atoms with Crippen LogP contribution in [0.1, 0.15) is 18.0 Å². The van der Waals surface area contributed by atoms with E-state index >= 15 is 0 Å². The zero-order chi connectivity index (χ0) is 11.4. The van der Waals surface area contributed by atoms with E-state index in [9.17, 15) is 9.18 Å². The summed E-state index contributed by atoms with van der Waals surface area (Å²) in [6, 6.07) is 3.47. The maximum atomic E-state index is 13.3. The molecule has 0 aliphatic heterocycles. The predicted octanol–water partition coefficient (Wildman–Crippen LogP) is 2.46. The van der Waals surface area contributed by atoms with Gasteiger partial charge in [-0.1, -0.05) is 17.7 Å². The molecule has 0 bridgehead atoms. The number of ether oxygens (including phenoxy) is 1. The number of hydrogen-bond acceptors (Lipinski definition) is 3. The van der Waals surface area contributed by atoms with Gasteiger partial charge in [0.25, 0.3) is 0 Å².